The molecular formula is C9H9N3O2. The molecule has 0 spiro atoms. The third kappa shape index (κ3) is 1.24. The summed E-state index contributed by atoms with van der Waals surface area (Å²) < 4.78 is 0. The summed E-state index contributed by atoms with van der Waals surface area (Å²) in [4.78, 5) is 11.3. The quantitative estimate of drug-likeness (QED) is 0.533. The number of phenols is 1. The number of aromatic nitrogens is 2. The monoisotopic (exact) mass is 191 g/mol. The Bertz CT molecular complexity index is 496. The molecule has 72 valence electrons. The molecular weight excluding hydrogens is 182 g/mol. The van der Waals surface area contributed by atoms with Crippen molar-refractivity contribution in [2.24, 2.45) is 0 Å². The van der Waals surface area contributed by atoms with Gasteiger partial charge in [0, 0.05) is 0 Å². The molecule has 0 bridgehead atoms. The number of benzene rings is 1. The number of aromatic amines is 2. The van der Waals surface area contributed by atoms with Gasteiger partial charge in [0.1, 0.15) is 11.6 Å². The number of hydrogen-bond acceptors (Lipinski definition) is 3. The van der Waals surface area contributed by atoms with Crippen LogP contribution < -0.4 is 11.3 Å². The summed E-state index contributed by atoms with van der Waals surface area (Å²) in [7, 11) is 0. The zero-order valence-corrected chi connectivity index (χ0v) is 7.24. The molecule has 5 heteroatoms. The zero-order valence-electron chi connectivity index (χ0n) is 7.24. The summed E-state index contributed by atoms with van der Waals surface area (Å²) in [6, 6.07) is 6.26. The second-order valence-corrected chi connectivity index (χ2v) is 2.91. The van der Waals surface area contributed by atoms with Gasteiger partial charge in [0.25, 0.3) is 5.56 Å². The Morgan fingerprint density at radius 1 is 1.14 bits per heavy atom. The van der Waals surface area contributed by atoms with Crippen LogP contribution in [0.5, 0.6) is 5.75 Å². The van der Waals surface area contributed by atoms with Gasteiger partial charge in [0.05, 0.1) is 5.56 Å². The molecule has 5 nitrogen and oxygen atoms in total. The lowest BCUT2D eigenvalue weighted by Crippen LogP contribution is -2.02. The Labute approximate surface area is 79.2 Å². The normalized spacial score (nSPS) is 10.3. The lowest BCUT2D eigenvalue weighted by molar-refractivity contribution is 0.475. The predicted octanol–water partition coefficient (Wildman–Crippen LogP) is 0.658. The van der Waals surface area contributed by atoms with Crippen LogP contribution in [0.3, 0.4) is 0 Å². The Balaban J connectivity index is 2.60. The van der Waals surface area contributed by atoms with Gasteiger partial charge in [-0.2, -0.15) is 0 Å². The number of nitrogens with two attached hydrogens (primary N) is 1. The molecule has 2 rings (SSSR count). The molecule has 1 heterocycles. The minimum absolute atomic E-state index is 0.152. The van der Waals surface area contributed by atoms with E-state index in [4.69, 9.17) is 10.8 Å². The van der Waals surface area contributed by atoms with Crippen LogP contribution in [0, 0.1) is 0 Å². The molecule has 0 aliphatic carbocycles. The lowest BCUT2D eigenvalue weighted by Gasteiger charge is -1.97. The van der Waals surface area contributed by atoms with Gasteiger partial charge in [-0.3, -0.25) is 15.0 Å². The van der Waals surface area contributed by atoms with E-state index in [1.807, 2.05) is 0 Å². The molecule has 0 aliphatic rings. The van der Waals surface area contributed by atoms with E-state index in [-0.39, 0.29) is 11.3 Å². The first-order valence-electron chi connectivity index (χ1n) is 4.04. The van der Waals surface area contributed by atoms with Crippen LogP contribution in [0.2, 0.25) is 0 Å². The summed E-state index contributed by atoms with van der Waals surface area (Å²) in [5.74, 6) is 0.444. The summed E-state index contributed by atoms with van der Waals surface area (Å²) in [6.07, 6.45) is 0. The third-order valence-electron chi connectivity index (χ3n) is 1.96. The van der Waals surface area contributed by atoms with Crippen molar-refractivity contribution in [3.63, 3.8) is 0 Å². The molecule has 14 heavy (non-hydrogen) atoms. The van der Waals surface area contributed by atoms with Crippen LogP contribution in [0.15, 0.2) is 29.1 Å². The summed E-state index contributed by atoms with van der Waals surface area (Å²) in [6.45, 7) is 0. The number of H-pyrrole nitrogens is 2. The van der Waals surface area contributed by atoms with E-state index in [1.165, 1.54) is 12.1 Å². The van der Waals surface area contributed by atoms with Gasteiger partial charge in [0.15, 0.2) is 0 Å². The number of nitrogen functional groups attached to an aromatic ring is 1. The minimum atomic E-state index is -0.270. The topological polar surface area (TPSA) is 94.9 Å². The maximum absolute atomic E-state index is 11.3. The fraction of sp³-hybridized carbons (Fsp3) is 0. The molecule has 0 saturated heterocycles. The van der Waals surface area contributed by atoms with Gasteiger partial charge in [-0.05, 0) is 17.7 Å². The fourth-order valence-electron chi connectivity index (χ4n) is 1.29. The van der Waals surface area contributed by atoms with E-state index >= 15 is 0 Å². The Morgan fingerprint density at radius 2 is 1.79 bits per heavy atom. The van der Waals surface area contributed by atoms with Gasteiger partial charge in [0.2, 0.25) is 0 Å². The van der Waals surface area contributed by atoms with Gasteiger partial charge in [-0.15, -0.1) is 0 Å². The number of aromatic hydroxyl groups is 1. The van der Waals surface area contributed by atoms with E-state index in [2.05, 4.69) is 10.2 Å². The molecule has 0 aliphatic heterocycles. The van der Waals surface area contributed by atoms with Crippen molar-refractivity contribution in [1.29, 1.82) is 0 Å². The highest BCUT2D eigenvalue weighted by atomic mass is 16.3. The third-order valence-corrected chi connectivity index (χ3v) is 1.96. The van der Waals surface area contributed by atoms with Gasteiger partial charge < -0.3 is 10.8 Å². The molecule has 0 fully saturated rings. The standard InChI is InChI=1S/C9H9N3O2/c10-8-7(9(14)12-11-8)5-1-3-6(13)4-2-5/h1-4,13H,(H4,10,11,12,14). The number of hydrogen-bond donors (Lipinski definition) is 4. The van der Waals surface area contributed by atoms with E-state index < -0.39 is 0 Å². The van der Waals surface area contributed by atoms with Crippen LogP contribution in [0.4, 0.5) is 5.82 Å². The highest BCUT2D eigenvalue weighted by molar-refractivity contribution is 5.73. The van der Waals surface area contributed by atoms with Crippen molar-refractivity contribution >= 4 is 5.82 Å². The first-order valence-corrected chi connectivity index (χ1v) is 4.04. The molecule has 0 atom stereocenters. The highest BCUT2D eigenvalue weighted by Crippen LogP contribution is 2.21. The van der Waals surface area contributed by atoms with Gasteiger partial charge in [-0.1, -0.05) is 12.1 Å². The van der Waals surface area contributed by atoms with E-state index in [9.17, 15) is 4.79 Å². The smallest absolute Gasteiger partial charge is 0.273 e. The van der Waals surface area contributed by atoms with Crippen molar-refractivity contribution in [1.82, 2.24) is 10.2 Å². The van der Waals surface area contributed by atoms with Crippen LogP contribution in [-0.2, 0) is 0 Å². The lowest BCUT2D eigenvalue weighted by atomic mass is 10.1. The van der Waals surface area contributed by atoms with Crippen molar-refractivity contribution in [2.75, 3.05) is 5.73 Å². The summed E-state index contributed by atoms with van der Waals surface area (Å²) in [5, 5.41) is 14.0. The summed E-state index contributed by atoms with van der Waals surface area (Å²) >= 11 is 0. The molecule has 2 aromatic rings. The minimum Gasteiger partial charge on any atom is -0.508 e. The van der Waals surface area contributed by atoms with E-state index in [1.54, 1.807) is 12.1 Å². The number of rotatable bonds is 1. The Hall–Kier alpha value is -2.17. The SMILES string of the molecule is Nc1[nH][nH]c(=O)c1-c1ccc(O)cc1. The predicted molar refractivity (Wildman–Crippen MR) is 52.9 cm³/mol. The molecule has 0 amide bonds. The number of phenolic OH excluding ortho intramolecular Hbond substituents is 1. The molecule has 1 aromatic heterocycles. The maximum atomic E-state index is 11.3. The van der Waals surface area contributed by atoms with Crippen molar-refractivity contribution in [3.05, 3.63) is 34.6 Å². The largest absolute Gasteiger partial charge is 0.508 e. The zero-order chi connectivity index (χ0) is 10.1. The number of anilines is 1. The Morgan fingerprint density at radius 3 is 2.29 bits per heavy atom. The second kappa shape index (κ2) is 2.95. The van der Waals surface area contributed by atoms with Crippen LogP contribution in [-0.4, -0.2) is 15.3 Å². The van der Waals surface area contributed by atoms with Crippen molar-refractivity contribution < 1.29 is 5.11 Å². The van der Waals surface area contributed by atoms with E-state index in [0.29, 0.717) is 16.9 Å². The van der Waals surface area contributed by atoms with Crippen LogP contribution in [0.1, 0.15) is 0 Å². The number of nitrogens with one attached hydrogen (secondary N) is 2. The maximum Gasteiger partial charge on any atom is 0.273 e. The highest BCUT2D eigenvalue weighted by Gasteiger charge is 2.08. The first-order chi connectivity index (χ1) is 6.68. The average molecular weight is 191 g/mol. The second-order valence-electron chi connectivity index (χ2n) is 2.91. The Kier molecular flexibility index (Phi) is 1.78. The first kappa shape index (κ1) is 8.43. The van der Waals surface area contributed by atoms with Crippen molar-refractivity contribution in [2.45, 2.75) is 0 Å². The van der Waals surface area contributed by atoms with E-state index in [0.717, 1.165) is 0 Å². The fourth-order valence-corrected chi connectivity index (χ4v) is 1.29. The molecule has 0 radical (unpaired) electrons. The average Bonchev–Trinajstić information content (AvgIpc) is 2.49. The van der Waals surface area contributed by atoms with Gasteiger partial charge in [-0.25, -0.2) is 0 Å². The van der Waals surface area contributed by atoms with Crippen LogP contribution >= 0.6 is 0 Å². The van der Waals surface area contributed by atoms with Crippen molar-refractivity contribution in [3.8, 4) is 16.9 Å². The molecule has 0 saturated carbocycles. The molecule has 0 unspecified atom stereocenters. The van der Waals surface area contributed by atoms with Crippen LogP contribution in [0.25, 0.3) is 11.1 Å². The summed E-state index contributed by atoms with van der Waals surface area (Å²) in [5.41, 5.74) is 6.35. The van der Waals surface area contributed by atoms with Gasteiger partial charge >= 0.3 is 0 Å². The molecule has 1 aromatic carbocycles. The molecule has 5 N–H and O–H groups in total.